The number of aryl methyl sites for hydroxylation is 2. The highest BCUT2D eigenvalue weighted by Gasteiger charge is 2.16. The number of ketones is 1. The fourth-order valence-corrected chi connectivity index (χ4v) is 1.81. The number of benzene rings is 1. The van der Waals surface area contributed by atoms with Crippen LogP contribution in [-0.2, 0) is 0 Å². The van der Waals surface area contributed by atoms with Crippen LogP contribution in [0.15, 0.2) is 12.1 Å². The van der Waals surface area contributed by atoms with Gasteiger partial charge in [0, 0.05) is 6.42 Å². The van der Waals surface area contributed by atoms with Gasteiger partial charge in [0.25, 0.3) is 0 Å². The lowest BCUT2D eigenvalue weighted by Crippen LogP contribution is -2.07. The van der Waals surface area contributed by atoms with E-state index in [1.165, 1.54) is 0 Å². The van der Waals surface area contributed by atoms with E-state index in [1.54, 1.807) is 0 Å². The fourth-order valence-electron chi connectivity index (χ4n) is 1.81. The Bertz CT molecular complexity index is 381. The Hall–Kier alpha value is -1.31. The smallest absolute Gasteiger partial charge is 0.166 e. The highest BCUT2D eigenvalue weighted by molar-refractivity contribution is 6.00. The van der Waals surface area contributed by atoms with E-state index in [1.807, 2.05) is 39.8 Å². The van der Waals surface area contributed by atoms with E-state index >= 15 is 0 Å². The molecule has 0 atom stereocenters. The van der Waals surface area contributed by atoms with Gasteiger partial charge in [0.2, 0.25) is 0 Å². The maximum Gasteiger partial charge on any atom is 0.166 e. The minimum atomic E-state index is 0.187. The molecule has 0 fully saturated rings. The lowest BCUT2D eigenvalue weighted by Gasteiger charge is -2.14. The van der Waals surface area contributed by atoms with Gasteiger partial charge in [-0.15, -0.1) is 0 Å². The van der Waals surface area contributed by atoms with Gasteiger partial charge in [0.15, 0.2) is 5.78 Å². The molecule has 0 aliphatic rings. The summed E-state index contributed by atoms with van der Waals surface area (Å²) in [5, 5.41) is 0. The highest BCUT2D eigenvalue weighted by Crippen LogP contribution is 2.28. The summed E-state index contributed by atoms with van der Waals surface area (Å²) in [6.07, 6.45) is 1.46. The summed E-state index contributed by atoms with van der Waals surface area (Å²) < 4.78 is 5.60. The quantitative estimate of drug-likeness (QED) is 0.707. The second-order valence-electron chi connectivity index (χ2n) is 4.01. The maximum atomic E-state index is 12.0. The normalized spacial score (nSPS) is 10.2. The zero-order valence-electron chi connectivity index (χ0n) is 10.6. The molecule has 0 aromatic heterocycles. The number of ether oxygens (including phenoxy) is 1. The topological polar surface area (TPSA) is 26.3 Å². The summed E-state index contributed by atoms with van der Waals surface area (Å²) >= 11 is 0. The largest absolute Gasteiger partial charge is 0.493 e. The molecule has 0 unspecified atom stereocenters. The molecular formula is C14H20O2. The third-order valence-corrected chi connectivity index (χ3v) is 2.61. The Kier molecular flexibility index (Phi) is 4.53. The predicted molar refractivity (Wildman–Crippen MR) is 66.3 cm³/mol. The van der Waals surface area contributed by atoms with Crippen molar-refractivity contribution in [3.8, 4) is 5.75 Å². The molecule has 0 heterocycles. The predicted octanol–water partition coefficient (Wildman–Crippen LogP) is 3.68. The first-order chi connectivity index (χ1) is 7.61. The molecule has 0 saturated carbocycles. The summed E-state index contributed by atoms with van der Waals surface area (Å²) in [6, 6.07) is 3.99. The SMILES string of the molecule is CCCC(=O)c1c(C)ccc(C)c1OCC. The van der Waals surface area contributed by atoms with Crippen molar-refractivity contribution in [1.29, 1.82) is 0 Å². The number of hydrogen-bond acceptors (Lipinski definition) is 2. The van der Waals surface area contributed by atoms with Crippen LogP contribution in [0.25, 0.3) is 0 Å². The number of hydrogen-bond donors (Lipinski definition) is 0. The Morgan fingerprint density at radius 1 is 1.19 bits per heavy atom. The van der Waals surface area contributed by atoms with Gasteiger partial charge < -0.3 is 4.74 Å². The minimum Gasteiger partial charge on any atom is -0.493 e. The van der Waals surface area contributed by atoms with Crippen molar-refractivity contribution in [2.75, 3.05) is 6.61 Å². The molecule has 16 heavy (non-hydrogen) atoms. The lowest BCUT2D eigenvalue weighted by atomic mass is 9.98. The molecule has 0 bridgehead atoms. The molecule has 0 aliphatic heterocycles. The second kappa shape index (κ2) is 5.69. The van der Waals surface area contributed by atoms with Crippen LogP contribution in [0.1, 0.15) is 48.2 Å². The van der Waals surface area contributed by atoms with Crippen molar-refractivity contribution >= 4 is 5.78 Å². The van der Waals surface area contributed by atoms with Gasteiger partial charge in [0.05, 0.1) is 12.2 Å². The summed E-state index contributed by atoms with van der Waals surface area (Å²) in [7, 11) is 0. The third-order valence-electron chi connectivity index (χ3n) is 2.61. The molecular weight excluding hydrogens is 200 g/mol. The van der Waals surface area contributed by atoms with Gasteiger partial charge in [-0.3, -0.25) is 4.79 Å². The monoisotopic (exact) mass is 220 g/mol. The van der Waals surface area contributed by atoms with Gasteiger partial charge in [-0.1, -0.05) is 19.1 Å². The molecule has 0 radical (unpaired) electrons. The molecule has 0 aliphatic carbocycles. The van der Waals surface area contributed by atoms with E-state index in [0.717, 1.165) is 28.9 Å². The molecule has 1 aromatic rings. The summed E-state index contributed by atoms with van der Waals surface area (Å²) in [6.45, 7) is 8.49. The second-order valence-corrected chi connectivity index (χ2v) is 4.01. The number of rotatable bonds is 5. The van der Waals surface area contributed by atoms with Crippen molar-refractivity contribution in [2.24, 2.45) is 0 Å². The van der Waals surface area contributed by atoms with Crippen LogP contribution in [0.2, 0.25) is 0 Å². The van der Waals surface area contributed by atoms with Gasteiger partial charge >= 0.3 is 0 Å². The van der Waals surface area contributed by atoms with E-state index in [4.69, 9.17) is 4.74 Å². The zero-order valence-corrected chi connectivity index (χ0v) is 10.6. The minimum absolute atomic E-state index is 0.187. The first kappa shape index (κ1) is 12.8. The maximum absolute atomic E-state index is 12.0. The standard InChI is InChI=1S/C14H20O2/c1-5-7-12(15)13-10(3)8-9-11(4)14(13)16-6-2/h8-9H,5-7H2,1-4H3. The Labute approximate surface area is 97.6 Å². The fraction of sp³-hybridized carbons (Fsp3) is 0.500. The molecule has 1 rings (SSSR count). The van der Waals surface area contributed by atoms with E-state index in [-0.39, 0.29) is 5.78 Å². The Morgan fingerprint density at radius 2 is 1.81 bits per heavy atom. The first-order valence-electron chi connectivity index (χ1n) is 5.88. The number of Topliss-reactive ketones (excluding diaryl/α,β-unsaturated/α-hetero) is 1. The number of carbonyl (C=O) groups excluding carboxylic acids is 1. The number of carbonyl (C=O) groups is 1. The van der Waals surface area contributed by atoms with Crippen LogP contribution in [0.5, 0.6) is 5.75 Å². The van der Waals surface area contributed by atoms with Crippen LogP contribution in [0.3, 0.4) is 0 Å². The van der Waals surface area contributed by atoms with Gasteiger partial charge in [0.1, 0.15) is 5.75 Å². The van der Waals surface area contributed by atoms with Gasteiger partial charge in [-0.25, -0.2) is 0 Å². The zero-order chi connectivity index (χ0) is 12.1. The van der Waals surface area contributed by atoms with Gasteiger partial charge in [-0.05, 0) is 38.3 Å². The molecule has 2 heteroatoms. The van der Waals surface area contributed by atoms with Crippen molar-refractivity contribution in [3.05, 3.63) is 28.8 Å². The third kappa shape index (κ3) is 2.63. The molecule has 0 saturated heterocycles. The van der Waals surface area contributed by atoms with Crippen LogP contribution in [0.4, 0.5) is 0 Å². The summed E-state index contributed by atoms with van der Waals surface area (Å²) in [4.78, 5) is 12.0. The Morgan fingerprint density at radius 3 is 2.38 bits per heavy atom. The van der Waals surface area contributed by atoms with E-state index < -0.39 is 0 Å². The highest BCUT2D eigenvalue weighted by atomic mass is 16.5. The molecule has 88 valence electrons. The van der Waals surface area contributed by atoms with Crippen molar-refractivity contribution in [2.45, 2.75) is 40.5 Å². The van der Waals surface area contributed by atoms with Crippen molar-refractivity contribution in [3.63, 3.8) is 0 Å². The van der Waals surface area contributed by atoms with Crippen LogP contribution in [-0.4, -0.2) is 12.4 Å². The van der Waals surface area contributed by atoms with Gasteiger partial charge in [-0.2, -0.15) is 0 Å². The molecule has 0 N–H and O–H groups in total. The molecule has 2 nitrogen and oxygen atoms in total. The summed E-state index contributed by atoms with van der Waals surface area (Å²) in [5.74, 6) is 0.952. The van der Waals surface area contributed by atoms with E-state index in [0.29, 0.717) is 13.0 Å². The van der Waals surface area contributed by atoms with Crippen LogP contribution in [0, 0.1) is 13.8 Å². The molecule has 1 aromatic carbocycles. The van der Waals surface area contributed by atoms with Crippen molar-refractivity contribution < 1.29 is 9.53 Å². The van der Waals surface area contributed by atoms with Crippen LogP contribution < -0.4 is 4.74 Å². The van der Waals surface area contributed by atoms with E-state index in [9.17, 15) is 4.79 Å². The Balaban J connectivity index is 3.22. The van der Waals surface area contributed by atoms with Crippen molar-refractivity contribution in [1.82, 2.24) is 0 Å². The van der Waals surface area contributed by atoms with Crippen LogP contribution >= 0.6 is 0 Å². The average Bonchev–Trinajstić information content (AvgIpc) is 2.24. The molecule has 0 spiro atoms. The average molecular weight is 220 g/mol. The lowest BCUT2D eigenvalue weighted by molar-refractivity contribution is 0.0977. The first-order valence-corrected chi connectivity index (χ1v) is 5.88. The van der Waals surface area contributed by atoms with E-state index in [2.05, 4.69) is 0 Å². The summed E-state index contributed by atoms with van der Waals surface area (Å²) in [5.41, 5.74) is 2.81. The molecule has 0 amide bonds.